The van der Waals surface area contributed by atoms with Gasteiger partial charge in [-0.3, -0.25) is 14.8 Å². The number of sulfonamides is 1. The lowest BCUT2D eigenvalue weighted by Gasteiger charge is -2.12. The second kappa shape index (κ2) is 6.50. The molecule has 0 fully saturated rings. The van der Waals surface area contributed by atoms with Crippen molar-refractivity contribution in [2.24, 2.45) is 0 Å². The van der Waals surface area contributed by atoms with Crippen LogP contribution in [0.5, 0.6) is 11.5 Å². The minimum Gasteiger partial charge on any atom is -0.494 e. The van der Waals surface area contributed by atoms with E-state index in [0.717, 1.165) is 24.3 Å². The van der Waals surface area contributed by atoms with Gasteiger partial charge in [0.25, 0.3) is 15.7 Å². The van der Waals surface area contributed by atoms with Gasteiger partial charge in [-0.1, -0.05) is 0 Å². The summed E-state index contributed by atoms with van der Waals surface area (Å²) in [5.41, 5.74) is -0.0994. The molecule has 0 atom stereocenters. The zero-order valence-corrected chi connectivity index (χ0v) is 12.6. The minimum atomic E-state index is -3.96. The van der Waals surface area contributed by atoms with Crippen molar-refractivity contribution < 1.29 is 28.2 Å². The maximum atomic E-state index is 12.3. The lowest BCUT2D eigenvalue weighted by Crippen LogP contribution is -2.13. The Kier molecular flexibility index (Phi) is 4.67. The number of nitro benzene ring substituents is 1. The van der Waals surface area contributed by atoms with E-state index in [-0.39, 0.29) is 27.8 Å². The molecular weight excluding hydrogens is 328 g/mol. The van der Waals surface area contributed by atoms with Crippen molar-refractivity contribution in [3.8, 4) is 11.5 Å². The molecule has 23 heavy (non-hydrogen) atoms. The van der Waals surface area contributed by atoms with E-state index in [1.54, 1.807) is 0 Å². The normalized spacial score (nSPS) is 10.9. The van der Waals surface area contributed by atoms with Crippen LogP contribution in [0.2, 0.25) is 0 Å². The predicted octanol–water partition coefficient (Wildman–Crippen LogP) is 2.26. The molecule has 9 nitrogen and oxygen atoms in total. The molecule has 0 bridgehead atoms. The Hall–Kier alpha value is -2.85. The topological polar surface area (TPSA) is 128 Å². The molecular formula is C13H12N2O7S. The molecule has 0 saturated heterocycles. The highest BCUT2D eigenvalue weighted by Crippen LogP contribution is 2.31. The van der Waals surface area contributed by atoms with Crippen LogP contribution in [0, 0.1) is 10.1 Å². The second-order valence-electron chi connectivity index (χ2n) is 4.31. The maximum absolute atomic E-state index is 12.3. The van der Waals surface area contributed by atoms with E-state index in [0.29, 0.717) is 0 Å². The van der Waals surface area contributed by atoms with Crippen LogP contribution in [-0.2, 0) is 10.0 Å². The molecule has 0 aromatic heterocycles. The highest BCUT2D eigenvalue weighted by atomic mass is 32.2. The molecule has 0 radical (unpaired) electrons. The van der Waals surface area contributed by atoms with E-state index in [2.05, 4.69) is 9.61 Å². The van der Waals surface area contributed by atoms with Gasteiger partial charge in [-0.15, -0.1) is 0 Å². The molecule has 0 spiro atoms. The Morgan fingerprint density at radius 1 is 1.17 bits per heavy atom. The standard InChI is InChI=1S/C13H12N2O7S/c1-21-13-8-10(22-18)4-7-12(13)14-23(19,20)11-5-2-9(3-6-11)15(16)17/h2-8,14,18H,1H3. The number of nitro groups is 1. The summed E-state index contributed by atoms with van der Waals surface area (Å²) < 4.78 is 31.9. The number of ether oxygens (including phenoxy) is 1. The number of hydrogen-bond donors (Lipinski definition) is 2. The summed E-state index contributed by atoms with van der Waals surface area (Å²) in [7, 11) is -2.64. The largest absolute Gasteiger partial charge is 0.494 e. The van der Waals surface area contributed by atoms with E-state index in [9.17, 15) is 18.5 Å². The third-order valence-electron chi connectivity index (χ3n) is 2.88. The van der Waals surface area contributed by atoms with Gasteiger partial charge in [-0.2, -0.15) is 0 Å². The molecule has 0 aliphatic carbocycles. The quantitative estimate of drug-likeness (QED) is 0.469. The molecule has 2 N–H and O–H groups in total. The molecule has 2 aromatic carbocycles. The van der Waals surface area contributed by atoms with Crippen molar-refractivity contribution >= 4 is 21.4 Å². The van der Waals surface area contributed by atoms with E-state index < -0.39 is 14.9 Å². The molecule has 0 unspecified atom stereocenters. The molecule has 2 rings (SSSR count). The van der Waals surface area contributed by atoms with Gasteiger partial charge in [0, 0.05) is 18.2 Å². The van der Waals surface area contributed by atoms with E-state index in [1.807, 2.05) is 0 Å². The number of hydrogen-bond acceptors (Lipinski definition) is 7. The number of non-ortho nitro benzene ring substituents is 1. The van der Waals surface area contributed by atoms with Crippen molar-refractivity contribution in [1.29, 1.82) is 0 Å². The first-order valence-corrected chi connectivity index (χ1v) is 7.62. The number of rotatable bonds is 6. The van der Waals surface area contributed by atoms with Gasteiger partial charge in [-0.25, -0.2) is 13.7 Å². The molecule has 10 heteroatoms. The minimum absolute atomic E-state index is 0.0696. The number of methoxy groups -OCH3 is 1. The maximum Gasteiger partial charge on any atom is 0.269 e. The monoisotopic (exact) mass is 340 g/mol. The summed E-state index contributed by atoms with van der Waals surface area (Å²) >= 11 is 0. The predicted molar refractivity (Wildman–Crippen MR) is 80.2 cm³/mol. The van der Waals surface area contributed by atoms with Gasteiger partial charge in [0.2, 0.25) is 0 Å². The lowest BCUT2D eigenvalue weighted by atomic mass is 10.3. The first-order valence-electron chi connectivity index (χ1n) is 6.14. The van der Waals surface area contributed by atoms with Crippen LogP contribution >= 0.6 is 0 Å². The molecule has 0 aliphatic heterocycles. The first kappa shape index (κ1) is 16.5. The van der Waals surface area contributed by atoms with Crippen LogP contribution in [0.1, 0.15) is 0 Å². The zero-order chi connectivity index (χ0) is 17.0. The van der Waals surface area contributed by atoms with Crippen LogP contribution in [-0.4, -0.2) is 25.7 Å². The van der Waals surface area contributed by atoms with Crippen LogP contribution in [0.25, 0.3) is 0 Å². The summed E-state index contributed by atoms with van der Waals surface area (Å²) in [6.07, 6.45) is 0. The number of nitrogens with one attached hydrogen (secondary N) is 1. The van der Waals surface area contributed by atoms with E-state index in [4.69, 9.17) is 9.99 Å². The smallest absolute Gasteiger partial charge is 0.269 e. The number of benzene rings is 2. The summed E-state index contributed by atoms with van der Waals surface area (Å²) in [6.45, 7) is 0. The highest BCUT2D eigenvalue weighted by Gasteiger charge is 2.18. The summed E-state index contributed by atoms with van der Waals surface area (Å²) in [6, 6.07) is 8.39. The number of nitrogens with zero attached hydrogens (tertiary/aromatic N) is 1. The summed E-state index contributed by atoms with van der Waals surface area (Å²) in [5.74, 6) is 0.196. The van der Waals surface area contributed by atoms with Crippen molar-refractivity contribution in [1.82, 2.24) is 0 Å². The molecule has 2 aromatic rings. The fourth-order valence-corrected chi connectivity index (χ4v) is 2.83. The average Bonchev–Trinajstić information content (AvgIpc) is 2.55. The zero-order valence-electron chi connectivity index (χ0n) is 11.8. The van der Waals surface area contributed by atoms with E-state index >= 15 is 0 Å². The van der Waals surface area contributed by atoms with Crippen molar-refractivity contribution in [2.75, 3.05) is 11.8 Å². The van der Waals surface area contributed by atoms with Crippen LogP contribution in [0.15, 0.2) is 47.4 Å². The van der Waals surface area contributed by atoms with Gasteiger partial charge in [-0.05, 0) is 24.3 Å². The first-order chi connectivity index (χ1) is 10.9. The SMILES string of the molecule is COc1cc(OO)ccc1NS(=O)(=O)c1ccc([N+](=O)[O-])cc1. The van der Waals surface area contributed by atoms with Crippen LogP contribution in [0.4, 0.5) is 11.4 Å². The molecule has 0 saturated carbocycles. The Balaban J connectivity index is 2.32. The Bertz CT molecular complexity index is 819. The summed E-state index contributed by atoms with van der Waals surface area (Å²) in [5, 5.41) is 19.2. The molecule has 0 heterocycles. The van der Waals surface area contributed by atoms with Crippen molar-refractivity contribution in [3.63, 3.8) is 0 Å². The lowest BCUT2D eigenvalue weighted by molar-refractivity contribution is -0.384. The van der Waals surface area contributed by atoms with Gasteiger partial charge in [0.1, 0.15) is 5.75 Å². The fourth-order valence-electron chi connectivity index (χ4n) is 1.76. The molecule has 0 aliphatic rings. The van der Waals surface area contributed by atoms with Crippen molar-refractivity contribution in [3.05, 3.63) is 52.6 Å². The van der Waals surface area contributed by atoms with Gasteiger partial charge >= 0.3 is 0 Å². The van der Waals surface area contributed by atoms with Gasteiger partial charge in [0.15, 0.2) is 5.75 Å². The number of anilines is 1. The second-order valence-corrected chi connectivity index (χ2v) is 5.99. The van der Waals surface area contributed by atoms with Gasteiger partial charge in [0.05, 0.1) is 22.6 Å². The van der Waals surface area contributed by atoms with Crippen LogP contribution < -0.4 is 14.3 Å². The summed E-state index contributed by atoms with van der Waals surface area (Å²) in [4.78, 5) is 13.9. The van der Waals surface area contributed by atoms with Crippen molar-refractivity contribution in [2.45, 2.75) is 4.90 Å². The van der Waals surface area contributed by atoms with E-state index in [1.165, 1.54) is 25.3 Å². The third kappa shape index (κ3) is 3.67. The average molecular weight is 340 g/mol. The van der Waals surface area contributed by atoms with Crippen LogP contribution in [0.3, 0.4) is 0 Å². The fraction of sp³-hybridized carbons (Fsp3) is 0.0769. The highest BCUT2D eigenvalue weighted by molar-refractivity contribution is 7.92. The molecule has 122 valence electrons. The van der Waals surface area contributed by atoms with Gasteiger partial charge < -0.3 is 9.62 Å². The Morgan fingerprint density at radius 3 is 2.35 bits per heavy atom. The third-order valence-corrected chi connectivity index (χ3v) is 4.26. The Labute approximate surface area is 131 Å². The Morgan fingerprint density at radius 2 is 1.83 bits per heavy atom. The molecule has 0 amide bonds.